The summed E-state index contributed by atoms with van der Waals surface area (Å²) in [6, 6.07) is 56.9. The zero-order valence-electron chi connectivity index (χ0n) is 42.3. The maximum atomic E-state index is 12.4. The predicted molar refractivity (Wildman–Crippen MR) is 292 cm³/mol. The molecule has 356 valence electrons. The summed E-state index contributed by atoms with van der Waals surface area (Å²) in [4.78, 5) is 12.6. The Hall–Kier alpha value is -6.81. The van der Waals surface area contributed by atoms with Crippen LogP contribution >= 0.6 is 0 Å². The Bertz CT molecular complexity index is 3430. The second-order valence-electron chi connectivity index (χ2n) is 21.4. The molecule has 0 amide bonds. The maximum Gasteiger partial charge on any atom is 0.148 e. The molecule has 9 rings (SSSR count). The zero-order chi connectivity index (χ0) is 49.0. The summed E-state index contributed by atoms with van der Waals surface area (Å²) in [5, 5.41) is 14.7. The molecular weight excluding hydrogens is 1040 g/mol. The fourth-order valence-electron chi connectivity index (χ4n) is 9.46. The largest absolute Gasteiger partial charge is 0.507 e. The van der Waals surface area contributed by atoms with E-state index in [0.717, 1.165) is 78.3 Å². The Morgan fingerprint density at radius 1 is 0.671 bits per heavy atom. The number of aromatic hydroxyl groups is 1. The quantitative estimate of drug-likeness (QED) is 0.116. The standard InChI is InChI=1S/C64H63N4O.Pt/c1-13-51(41(2)67(12)49-23-16-14-17-24-49)44-33-34-65-56(37-44)45-22-20-21-42(35-45)54-39-48(63(6,7)8)40-57-60(54)66-61(68(57)50-25-18-15-19-26-50)53-30-27-46(38-58(53)69)59-52-31-29-47(62(3,4)5)36-43(52)28-32-55(59)64(9,10)11;/h13-34,36-40,69H,1H2,2-12H3;/q-1;/b51-41-;. The molecule has 9 aromatic rings. The van der Waals surface area contributed by atoms with Crippen LogP contribution in [0.1, 0.15) is 91.5 Å². The number of anilines is 1. The second-order valence-corrected chi connectivity index (χ2v) is 21.4. The van der Waals surface area contributed by atoms with Crippen molar-refractivity contribution in [3.63, 3.8) is 0 Å². The van der Waals surface area contributed by atoms with Gasteiger partial charge in [0.05, 0.1) is 16.6 Å². The Labute approximate surface area is 429 Å². The van der Waals surface area contributed by atoms with Crippen molar-refractivity contribution < 1.29 is 26.2 Å². The van der Waals surface area contributed by atoms with Crippen LogP contribution in [0.3, 0.4) is 0 Å². The number of fused-ring (bicyclic) bond motifs is 2. The molecule has 7 aromatic carbocycles. The van der Waals surface area contributed by atoms with Crippen LogP contribution < -0.4 is 4.90 Å². The first-order valence-electron chi connectivity index (χ1n) is 24.0. The van der Waals surface area contributed by atoms with Gasteiger partial charge in [0, 0.05) is 57.1 Å². The van der Waals surface area contributed by atoms with Crippen molar-refractivity contribution >= 4 is 33.1 Å². The van der Waals surface area contributed by atoms with Gasteiger partial charge in [0.1, 0.15) is 11.6 Å². The molecule has 6 heteroatoms. The minimum atomic E-state index is -0.193. The number of allylic oxidation sites excluding steroid dienone is 3. The third-order valence-corrected chi connectivity index (χ3v) is 13.5. The van der Waals surface area contributed by atoms with Gasteiger partial charge < -0.3 is 10.0 Å². The molecule has 0 spiro atoms. The van der Waals surface area contributed by atoms with Crippen LogP contribution in [0.4, 0.5) is 5.69 Å². The van der Waals surface area contributed by atoms with Crippen LogP contribution in [0, 0.1) is 6.07 Å². The van der Waals surface area contributed by atoms with E-state index in [-0.39, 0.29) is 43.1 Å². The molecule has 5 nitrogen and oxygen atoms in total. The SMILES string of the molecule is C=C/C(=C(\C)N(C)c1ccccc1)c1ccnc(-c2[c-]c(-c3cc(C(C)(C)C)cc4c3nc(-c3ccc(-c5c(C(C)(C)C)ccc6cc(C(C)(C)C)ccc56)cc3O)n4-c3ccccc3)ccc2)c1.[Pt]. The van der Waals surface area contributed by atoms with E-state index in [4.69, 9.17) is 9.97 Å². The van der Waals surface area contributed by atoms with Gasteiger partial charge in [-0.15, -0.1) is 29.8 Å². The number of para-hydroxylation sites is 2. The van der Waals surface area contributed by atoms with Crippen LogP contribution in [0.25, 0.3) is 78.0 Å². The van der Waals surface area contributed by atoms with Crippen molar-refractivity contribution in [2.75, 3.05) is 11.9 Å². The minimum absolute atomic E-state index is 0. The summed E-state index contributed by atoms with van der Waals surface area (Å²) >= 11 is 0. The summed E-state index contributed by atoms with van der Waals surface area (Å²) in [6.07, 6.45) is 3.78. The molecule has 1 N–H and O–H groups in total. The van der Waals surface area contributed by atoms with Crippen molar-refractivity contribution in [1.29, 1.82) is 0 Å². The molecule has 70 heavy (non-hydrogen) atoms. The van der Waals surface area contributed by atoms with Crippen molar-refractivity contribution in [2.24, 2.45) is 0 Å². The Morgan fingerprint density at radius 3 is 2.01 bits per heavy atom. The summed E-state index contributed by atoms with van der Waals surface area (Å²) in [5.41, 5.74) is 16.6. The van der Waals surface area contributed by atoms with E-state index in [9.17, 15) is 5.11 Å². The average Bonchev–Trinajstić information content (AvgIpc) is 3.72. The third-order valence-electron chi connectivity index (χ3n) is 13.5. The molecule has 2 heterocycles. The second kappa shape index (κ2) is 19.2. The first-order chi connectivity index (χ1) is 32.8. The molecule has 0 saturated heterocycles. The van der Waals surface area contributed by atoms with Gasteiger partial charge in [-0.1, -0.05) is 171 Å². The van der Waals surface area contributed by atoms with Crippen LogP contribution in [-0.2, 0) is 37.3 Å². The van der Waals surface area contributed by atoms with Crippen LogP contribution in [0.15, 0.2) is 176 Å². The molecule has 0 aliphatic heterocycles. The molecular formula is C64H63N4OPt-. The van der Waals surface area contributed by atoms with Crippen LogP contribution in [0.5, 0.6) is 5.75 Å². The number of hydrogen-bond donors (Lipinski definition) is 1. The number of nitrogens with zero attached hydrogens (tertiary/aromatic N) is 4. The van der Waals surface area contributed by atoms with E-state index >= 15 is 0 Å². The number of hydrogen-bond acceptors (Lipinski definition) is 4. The molecule has 2 aromatic heterocycles. The summed E-state index contributed by atoms with van der Waals surface area (Å²) in [6.45, 7) is 26.6. The van der Waals surface area contributed by atoms with Crippen molar-refractivity contribution in [2.45, 2.75) is 85.5 Å². The number of imidazole rings is 1. The Balaban J connectivity index is 0.00000659. The fourth-order valence-corrected chi connectivity index (χ4v) is 9.46. The fraction of sp³-hybridized carbons (Fsp3) is 0.219. The molecule has 0 bridgehead atoms. The number of aromatic nitrogens is 3. The number of pyridine rings is 1. The minimum Gasteiger partial charge on any atom is -0.507 e. The predicted octanol–water partition coefficient (Wildman–Crippen LogP) is 16.7. The maximum absolute atomic E-state index is 12.4. The number of benzene rings is 7. The van der Waals surface area contributed by atoms with Gasteiger partial charge in [0.15, 0.2) is 0 Å². The van der Waals surface area contributed by atoms with Gasteiger partial charge in [-0.25, -0.2) is 4.98 Å². The molecule has 0 aliphatic carbocycles. The summed E-state index contributed by atoms with van der Waals surface area (Å²) < 4.78 is 2.20. The first-order valence-corrected chi connectivity index (χ1v) is 24.0. The normalized spacial score (nSPS) is 12.4. The van der Waals surface area contributed by atoms with Gasteiger partial charge in [-0.2, -0.15) is 0 Å². The first kappa shape index (κ1) is 49.6. The van der Waals surface area contributed by atoms with E-state index < -0.39 is 0 Å². The molecule has 0 fully saturated rings. The summed E-state index contributed by atoms with van der Waals surface area (Å²) in [5.74, 6) is 0.819. The number of phenolic OH excluding ortho intramolecular Hbond substituents is 1. The van der Waals surface area contributed by atoms with Gasteiger partial charge in [0.25, 0.3) is 0 Å². The molecule has 0 unspecified atom stereocenters. The van der Waals surface area contributed by atoms with Gasteiger partial charge in [-0.3, -0.25) is 9.55 Å². The van der Waals surface area contributed by atoms with E-state index in [1.54, 1.807) is 0 Å². The average molecular weight is 1100 g/mol. The van der Waals surface area contributed by atoms with E-state index in [0.29, 0.717) is 11.4 Å². The van der Waals surface area contributed by atoms with Crippen molar-refractivity contribution in [3.05, 3.63) is 205 Å². The van der Waals surface area contributed by atoms with Gasteiger partial charge in [0.2, 0.25) is 0 Å². The van der Waals surface area contributed by atoms with Crippen molar-refractivity contribution in [3.8, 4) is 56.3 Å². The molecule has 0 radical (unpaired) electrons. The zero-order valence-corrected chi connectivity index (χ0v) is 44.6. The summed E-state index contributed by atoms with van der Waals surface area (Å²) in [7, 11) is 2.08. The molecule has 0 saturated carbocycles. The van der Waals surface area contributed by atoms with E-state index in [1.807, 2.05) is 42.6 Å². The monoisotopic (exact) mass is 1100 g/mol. The Morgan fingerprint density at radius 2 is 1.36 bits per heavy atom. The van der Waals surface area contributed by atoms with E-state index in [2.05, 4.69) is 220 Å². The van der Waals surface area contributed by atoms with Gasteiger partial charge >= 0.3 is 0 Å². The third kappa shape index (κ3) is 9.57. The van der Waals surface area contributed by atoms with E-state index in [1.165, 1.54) is 21.9 Å². The number of phenols is 1. The smallest absolute Gasteiger partial charge is 0.148 e. The molecule has 0 aliphatic rings. The topological polar surface area (TPSA) is 54.2 Å². The molecule has 0 atom stereocenters. The van der Waals surface area contributed by atoms with Gasteiger partial charge in [-0.05, 0) is 121 Å². The number of rotatable bonds is 9. The van der Waals surface area contributed by atoms with Crippen molar-refractivity contribution in [1.82, 2.24) is 14.5 Å². The van der Waals surface area contributed by atoms with Crippen LogP contribution in [0.2, 0.25) is 0 Å². The Kier molecular flexibility index (Phi) is 13.6. The van der Waals surface area contributed by atoms with Crippen LogP contribution in [-0.4, -0.2) is 26.7 Å².